The van der Waals surface area contributed by atoms with Crippen LogP contribution in [0.4, 0.5) is 5.69 Å². The van der Waals surface area contributed by atoms with E-state index in [4.69, 9.17) is 10.5 Å². The summed E-state index contributed by atoms with van der Waals surface area (Å²) >= 11 is 3.44. The number of nitrogen functional groups attached to an aromatic ring is 1. The van der Waals surface area contributed by atoms with Crippen LogP contribution in [0.1, 0.15) is 5.56 Å². The van der Waals surface area contributed by atoms with Crippen LogP contribution in [0.2, 0.25) is 0 Å². The van der Waals surface area contributed by atoms with Gasteiger partial charge in [-0.15, -0.1) is 0 Å². The molecule has 0 heterocycles. The zero-order valence-corrected chi connectivity index (χ0v) is 12.8. The van der Waals surface area contributed by atoms with Crippen molar-refractivity contribution in [2.45, 2.75) is 10.6 Å². The van der Waals surface area contributed by atoms with E-state index in [-0.39, 0.29) is 0 Å². The Labute approximate surface area is 123 Å². The first kappa shape index (κ1) is 14.1. The minimum atomic E-state index is -1.09. The Bertz CT molecular complexity index is 599. The van der Waals surface area contributed by atoms with Crippen molar-refractivity contribution in [3.05, 3.63) is 52.5 Å². The lowest BCUT2D eigenvalue weighted by Gasteiger charge is -2.07. The summed E-state index contributed by atoms with van der Waals surface area (Å²) in [5, 5.41) is 0. The van der Waals surface area contributed by atoms with Crippen LogP contribution in [0, 0.1) is 0 Å². The van der Waals surface area contributed by atoms with Gasteiger partial charge in [-0.25, -0.2) is 0 Å². The molecule has 2 aromatic carbocycles. The summed E-state index contributed by atoms with van der Waals surface area (Å²) in [5.41, 5.74) is 7.34. The number of benzene rings is 2. The van der Waals surface area contributed by atoms with E-state index in [1.165, 1.54) is 0 Å². The van der Waals surface area contributed by atoms with Gasteiger partial charge in [-0.2, -0.15) is 0 Å². The van der Waals surface area contributed by atoms with E-state index >= 15 is 0 Å². The van der Waals surface area contributed by atoms with E-state index in [0.717, 1.165) is 20.7 Å². The Hall–Kier alpha value is -1.33. The summed E-state index contributed by atoms with van der Waals surface area (Å²) in [7, 11) is 0.521. The molecule has 5 heteroatoms. The van der Waals surface area contributed by atoms with Crippen LogP contribution in [0.15, 0.2) is 51.8 Å². The number of hydrogen-bond donors (Lipinski definition) is 1. The monoisotopic (exact) mass is 339 g/mol. The van der Waals surface area contributed by atoms with Gasteiger partial charge in [-0.05, 0) is 42.0 Å². The van der Waals surface area contributed by atoms with E-state index < -0.39 is 10.8 Å². The second kappa shape index (κ2) is 6.21. The highest BCUT2D eigenvalue weighted by Gasteiger charge is 2.08. The molecule has 1 atom stereocenters. The van der Waals surface area contributed by atoms with Crippen LogP contribution in [0.3, 0.4) is 0 Å². The average Bonchev–Trinajstić information content (AvgIpc) is 2.42. The first-order valence-electron chi connectivity index (χ1n) is 5.66. The Morgan fingerprint density at radius 1 is 1.21 bits per heavy atom. The summed E-state index contributed by atoms with van der Waals surface area (Å²) in [4.78, 5) is 0.782. The van der Waals surface area contributed by atoms with Gasteiger partial charge in [0.15, 0.2) is 0 Å². The maximum atomic E-state index is 12.3. The van der Waals surface area contributed by atoms with Gasteiger partial charge in [0.2, 0.25) is 0 Å². The lowest BCUT2D eigenvalue weighted by molar-refractivity contribution is 0.414. The van der Waals surface area contributed by atoms with Gasteiger partial charge in [0.05, 0.1) is 23.7 Å². The predicted molar refractivity (Wildman–Crippen MR) is 81.7 cm³/mol. The summed E-state index contributed by atoms with van der Waals surface area (Å²) in [5.74, 6) is 1.21. The van der Waals surface area contributed by atoms with Gasteiger partial charge in [0, 0.05) is 15.1 Å². The third-order valence-corrected chi connectivity index (χ3v) is 4.80. The molecule has 0 radical (unpaired) electrons. The highest BCUT2D eigenvalue weighted by Crippen LogP contribution is 2.23. The standard InChI is InChI=1S/C14H14BrNO2S/c1-18-12-4-6-13(7-5-12)19(17)9-10-2-3-11(16)8-14(10)15/h2-8H,9,16H2,1H3. The number of hydrogen-bond acceptors (Lipinski definition) is 3. The molecule has 0 amide bonds. The van der Waals surface area contributed by atoms with Gasteiger partial charge in [-0.3, -0.25) is 4.21 Å². The molecule has 0 aliphatic carbocycles. The molecule has 2 aromatic rings. The van der Waals surface area contributed by atoms with Gasteiger partial charge in [0.25, 0.3) is 0 Å². The number of halogens is 1. The topological polar surface area (TPSA) is 52.3 Å². The molecule has 2 rings (SSSR count). The fraction of sp³-hybridized carbons (Fsp3) is 0.143. The summed E-state index contributed by atoms with van der Waals surface area (Å²) in [6.45, 7) is 0. The van der Waals surface area contributed by atoms with Crippen LogP contribution >= 0.6 is 15.9 Å². The van der Waals surface area contributed by atoms with Crippen molar-refractivity contribution in [1.82, 2.24) is 0 Å². The fourth-order valence-electron chi connectivity index (χ4n) is 1.63. The number of methoxy groups -OCH3 is 1. The Morgan fingerprint density at radius 2 is 1.89 bits per heavy atom. The number of anilines is 1. The fourth-order valence-corrected chi connectivity index (χ4v) is 3.50. The number of rotatable bonds is 4. The van der Waals surface area contributed by atoms with Crippen LogP contribution in [-0.2, 0) is 16.6 Å². The van der Waals surface area contributed by atoms with Crippen LogP contribution in [0.25, 0.3) is 0 Å². The molecule has 0 spiro atoms. The third-order valence-electron chi connectivity index (χ3n) is 2.69. The van der Waals surface area contributed by atoms with E-state index in [1.807, 2.05) is 42.5 Å². The molecule has 0 aliphatic rings. The molecule has 1 unspecified atom stereocenters. The van der Waals surface area contributed by atoms with Crippen molar-refractivity contribution in [2.24, 2.45) is 0 Å². The zero-order chi connectivity index (χ0) is 13.8. The smallest absolute Gasteiger partial charge is 0.118 e. The number of nitrogens with two attached hydrogens (primary N) is 1. The molecule has 3 nitrogen and oxygen atoms in total. The molecule has 0 saturated heterocycles. The Balaban J connectivity index is 2.15. The first-order valence-corrected chi connectivity index (χ1v) is 7.77. The quantitative estimate of drug-likeness (QED) is 0.869. The molecular formula is C14H14BrNO2S. The van der Waals surface area contributed by atoms with Crippen molar-refractivity contribution >= 4 is 32.4 Å². The molecule has 100 valence electrons. The van der Waals surface area contributed by atoms with Gasteiger partial charge < -0.3 is 10.5 Å². The molecule has 0 aliphatic heterocycles. The molecule has 19 heavy (non-hydrogen) atoms. The first-order chi connectivity index (χ1) is 9.10. The van der Waals surface area contributed by atoms with Crippen LogP contribution in [0.5, 0.6) is 5.75 Å². The van der Waals surface area contributed by atoms with E-state index in [1.54, 1.807) is 7.11 Å². The van der Waals surface area contributed by atoms with E-state index in [9.17, 15) is 4.21 Å². The maximum absolute atomic E-state index is 12.3. The maximum Gasteiger partial charge on any atom is 0.118 e. The average molecular weight is 340 g/mol. The summed E-state index contributed by atoms with van der Waals surface area (Å²) < 4.78 is 18.2. The van der Waals surface area contributed by atoms with Gasteiger partial charge in [0.1, 0.15) is 5.75 Å². The van der Waals surface area contributed by atoms with Crippen molar-refractivity contribution in [1.29, 1.82) is 0 Å². The summed E-state index contributed by atoms with van der Waals surface area (Å²) in [6, 6.07) is 12.8. The SMILES string of the molecule is COc1ccc(S(=O)Cc2ccc(N)cc2Br)cc1. The molecular weight excluding hydrogens is 326 g/mol. The van der Waals surface area contributed by atoms with Crippen molar-refractivity contribution < 1.29 is 8.95 Å². The lowest BCUT2D eigenvalue weighted by Crippen LogP contribution is -1.98. The lowest BCUT2D eigenvalue weighted by atomic mass is 10.2. The molecule has 0 fully saturated rings. The van der Waals surface area contributed by atoms with Gasteiger partial charge >= 0.3 is 0 Å². The minimum Gasteiger partial charge on any atom is -0.497 e. The van der Waals surface area contributed by atoms with Crippen molar-refractivity contribution in [2.75, 3.05) is 12.8 Å². The Morgan fingerprint density at radius 3 is 2.47 bits per heavy atom. The molecule has 0 aromatic heterocycles. The third kappa shape index (κ3) is 3.58. The van der Waals surface area contributed by atoms with Gasteiger partial charge in [-0.1, -0.05) is 22.0 Å². The normalized spacial score (nSPS) is 12.1. The predicted octanol–water partition coefficient (Wildman–Crippen LogP) is 3.35. The minimum absolute atomic E-state index is 0.452. The molecule has 0 saturated carbocycles. The second-order valence-corrected chi connectivity index (χ2v) is 6.32. The van der Waals surface area contributed by atoms with Crippen molar-refractivity contribution in [3.8, 4) is 5.75 Å². The molecule has 2 N–H and O–H groups in total. The highest BCUT2D eigenvalue weighted by atomic mass is 79.9. The van der Waals surface area contributed by atoms with Crippen LogP contribution in [-0.4, -0.2) is 11.3 Å². The van der Waals surface area contributed by atoms with Crippen molar-refractivity contribution in [3.63, 3.8) is 0 Å². The number of ether oxygens (including phenoxy) is 1. The largest absolute Gasteiger partial charge is 0.497 e. The highest BCUT2D eigenvalue weighted by molar-refractivity contribution is 9.10. The van der Waals surface area contributed by atoms with E-state index in [2.05, 4.69) is 15.9 Å². The Kier molecular flexibility index (Phi) is 4.61. The van der Waals surface area contributed by atoms with Crippen LogP contribution < -0.4 is 10.5 Å². The second-order valence-electron chi connectivity index (χ2n) is 4.02. The van der Waals surface area contributed by atoms with E-state index in [0.29, 0.717) is 11.4 Å². The molecule has 0 bridgehead atoms. The zero-order valence-electron chi connectivity index (χ0n) is 10.4. The summed E-state index contributed by atoms with van der Waals surface area (Å²) in [6.07, 6.45) is 0.